The maximum Gasteiger partial charge on any atom is 0.308 e. The second-order valence-electron chi connectivity index (χ2n) is 5.44. The summed E-state index contributed by atoms with van der Waals surface area (Å²) >= 11 is 0. The number of ketones is 1. The summed E-state index contributed by atoms with van der Waals surface area (Å²) in [6.45, 7) is 5.53. The van der Waals surface area contributed by atoms with Crippen LogP contribution in [0.5, 0.6) is 0 Å². The van der Waals surface area contributed by atoms with Gasteiger partial charge >= 0.3 is 5.97 Å². The van der Waals surface area contributed by atoms with Crippen molar-refractivity contribution in [3.8, 4) is 0 Å². The van der Waals surface area contributed by atoms with Crippen LogP contribution in [0, 0.1) is 5.92 Å². The second kappa shape index (κ2) is 8.10. The lowest BCUT2D eigenvalue weighted by molar-refractivity contribution is -0.151. The summed E-state index contributed by atoms with van der Waals surface area (Å²) in [7, 11) is 0. The van der Waals surface area contributed by atoms with E-state index in [0.29, 0.717) is 6.42 Å². The second-order valence-corrected chi connectivity index (χ2v) is 5.44. The Bertz CT molecular complexity index is 321. The molecule has 1 unspecified atom stereocenters. The van der Waals surface area contributed by atoms with E-state index >= 15 is 0 Å². The summed E-state index contributed by atoms with van der Waals surface area (Å²) in [6.07, 6.45) is 7.36. The minimum atomic E-state index is -0.751. The van der Waals surface area contributed by atoms with Crippen LogP contribution in [0.15, 0.2) is 12.7 Å². The maximum atomic E-state index is 11.8. The summed E-state index contributed by atoms with van der Waals surface area (Å²) in [5.41, 5.74) is 5.74. The van der Waals surface area contributed by atoms with Crippen molar-refractivity contribution in [3.63, 3.8) is 0 Å². The van der Waals surface area contributed by atoms with Gasteiger partial charge in [0.1, 0.15) is 6.10 Å². The zero-order valence-corrected chi connectivity index (χ0v) is 11.8. The number of esters is 1. The average molecular weight is 267 g/mol. The third-order valence-electron chi connectivity index (χ3n) is 3.58. The molecule has 0 bridgehead atoms. The third kappa shape index (κ3) is 6.01. The SMILES string of the molecule is C=CC(C)CC(=O)[C@@H](N)CC(=O)OC1CCCCC1. The van der Waals surface area contributed by atoms with E-state index < -0.39 is 6.04 Å². The zero-order valence-electron chi connectivity index (χ0n) is 11.8. The molecule has 0 aliphatic heterocycles. The molecule has 1 aliphatic rings. The molecular formula is C15H25NO3. The van der Waals surface area contributed by atoms with Gasteiger partial charge in [0.25, 0.3) is 0 Å². The molecule has 1 rings (SSSR count). The third-order valence-corrected chi connectivity index (χ3v) is 3.58. The van der Waals surface area contributed by atoms with Gasteiger partial charge in [0.2, 0.25) is 0 Å². The van der Waals surface area contributed by atoms with Crippen LogP contribution in [0.1, 0.15) is 51.9 Å². The number of nitrogens with two attached hydrogens (primary N) is 1. The van der Waals surface area contributed by atoms with Crippen LogP contribution in [-0.2, 0) is 14.3 Å². The lowest BCUT2D eigenvalue weighted by Gasteiger charge is -2.22. The van der Waals surface area contributed by atoms with Gasteiger partial charge < -0.3 is 10.5 Å². The van der Waals surface area contributed by atoms with Crippen molar-refractivity contribution in [2.75, 3.05) is 0 Å². The van der Waals surface area contributed by atoms with Gasteiger partial charge in [-0.2, -0.15) is 0 Å². The van der Waals surface area contributed by atoms with Crippen molar-refractivity contribution in [1.82, 2.24) is 0 Å². The number of ether oxygens (including phenoxy) is 1. The molecule has 4 heteroatoms. The Hall–Kier alpha value is -1.16. The molecule has 2 atom stereocenters. The van der Waals surface area contributed by atoms with Gasteiger partial charge in [-0.1, -0.05) is 19.4 Å². The van der Waals surface area contributed by atoms with Crippen LogP contribution in [0.2, 0.25) is 0 Å². The maximum absolute atomic E-state index is 11.8. The summed E-state index contributed by atoms with van der Waals surface area (Å²) in [6, 6.07) is -0.751. The highest BCUT2D eigenvalue weighted by Gasteiger charge is 2.22. The molecule has 1 saturated carbocycles. The number of carbonyl (C=O) groups is 2. The number of Topliss-reactive ketones (excluding diaryl/α,β-unsaturated/α-hetero) is 1. The number of rotatable bonds is 7. The van der Waals surface area contributed by atoms with Crippen LogP contribution in [0.3, 0.4) is 0 Å². The lowest BCUT2D eigenvalue weighted by Crippen LogP contribution is -2.35. The van der Waals surface area contributed by atoms with E-state index in [2.05, 4.69) is 6.58 Å². The highest BCUT2D eigenvalue weighted by atomic mass is 16.5. The Morgan fingerprint density at radius 1 is 1.32 bits per heavy atom. The Morgan fingerprint density at radius 2 is 1.95 bits per heavy atom. The molecular weight excluding hydrogens is 242 g/mol. The summed E-state index contributed by atoms with van der Waals surface area (Å²) in [4.78, 5) is 23.5. The van der Waals surface area contributed by atoms with E-state index in [-0.39, 0.29) is 30.2 Å². The minimum Gasteiger partial charge on any atom is -0.462 e. The van der Waals surface area contributed by atoms with Gasteiger partial charge in [0.15, 0.2) is 5.78 Å². The first kappa shape index (κ1) is 15.9. The van der Waals surface area contributed by atoms with E-state index in [4.69, 9.17) is 10.5 Å². The first-order valence-electron chi connectivity index (χ1n) is 7.13. The van der Waals surface area contributed by atoms with E-state index in [1.165, 1.54) is 6.42 Å². The van der Waals surface area contributed by atoms with E-state index in [9.17, 15) is 9.59 Å². The largest absolute Gasteiger partial charge is 0.462 e. The van der Waals surface area contributed by atoms with E-state index in [1.807, 2.05) is 6.92 Å². The predicted octanol–water partition coefficient (Wildman–Crippen LogP) is 2.36. The van der Waals surface area contributed by atoms with E-state index in [0.717, 1.165) is 25.7 Å². The summed E-state index contributed by atoms with van der Waals surface area (Å²) < 4.78 is 5.35. The summed E-state index contributed by atoms with van der Waals surface area (Å²) in [5, 5.41) is 0. The molecule has 0 amide bonds. The molecule has 0 saturated heterocycles. The smallest absolute Gasteiger partial charge is 0.308 e. The fourth-order valence-corrected chi connectivity index (χ4v) is 2.26. The molecule has 0 aromatic rings. The molecule has 1 fully saturated rings. The molecule has 0 aromatic carbocycles. The lowest BCUT2D eigenvalue weighted by atomic mass is 9.97. The molecule has 108 valence electrons. The van der Waals surface area contributed by atoms with Gasteiger partial charge in [-0.05, 0) is 31.6 Å². The highest BCUT2D eigenvalue weighted by molar-refractivity contribution is 5.88. The van der Waals surface area contributed by atoms with Crippen molar-refractivity contribution in [2.45, 2.75) is 64.0 Å². The fraction of sp³-hybridized carbons (Fsp3) is 0.733. The van der Waals surface area contributed by atoms with Gasteiger partial charge in [0.05, 0.1) is 12.5 Å². The topological polar surface area (TPSA) is 69.4 Å². The number of hydrogen-bond donors (Lipinski definition) is 1. The van der Waals surface area contributed by atoms with Crippen molar-refractivity contribution in [2.24, 2.45) is 11.7 Å². The molecule has 4 nitrogen and oxygen atoms in total. The van der Waals surface area contributed by atoms with Crippen LogP contribution in [-0.4, -0.2) is 23.9 Å². The Labute approximate surface area is 115 Å². The predicted molar refractivity (Wildman–Crippen MR) is 74.5 cm³/mol. The van der Waals surface area contributed by atoms with E-state index in [1.54, 1.807) is 6.08 Å². The Morgan fingerprint density at radius 3 is 2.53 bits per heavy atom. The molecule has 2 N–H and O–H groups in total. The monoisotopic (exact) mass is 267 g/mol. The first-order chi connectivity index (χ1) is 9.02. The van der Waals surface area contributed by atoms with Crippen molar-refractivity contribution >= 4 is 11.8 Å². The number of hydrogen-bond acceptors (Lipinski definition) is 4. The average Bonchev–Trinajstić information content (AvgIpc) is 2.39. The summed E-state index contributed by atoms with van der Waals surface area (Å²) in [5.74, 6) is -0.361. The standard InChI is InChI=1S/C15H25NO3/c1-3-11(2)9-14(17)13(16)10-15(18)19-12-7-5-4-6-8-12/h3,11-13H,1,4-10,16H2,2H3/t11?,13-/m0/s1. The van der Waals surface area contributed by atoms with Crippen molar-refractivity contribution < 1.29 is 14.3 Å². The van der Waals surface area contributed by atoms with Crippen molar-refractivity contribution in [3.05, 3.63) is 12.7 Å². The van der Waals surface area contributed by atoms with Gasteiger partial charge in [0, 0.05) is 6.42 Å². The molecule has 1 aliphatic carbocycles. The number of allylic oxidation sites excluding steroid dienone is 1. The molecule has 19 heavy (non-hydrogen) atoms. The molecule has 0 heterocycles. The Balaban J connectivity index is 2.30. The van der Waals surface area contributed by atoms with Crippen molar-refractivity contribution in [1.29, 1.82) is 0 Å². The zero-order chi connectivity index (χ0) is 14.3. The first-order valence-corrected chi connectivity index (χ1v) is 7.13. The van der Waals surface area contributed by atoms with Crippen LogP contribution >= 0.6 is 0 Å². The highest BCUT2D eigenvalue weighted by Crippen LogP contribution is 2.20. The van der Waals surface area contributed by atoms with Gasteiger partial charge in [-0.3, -0.25) is 9.59 Å². The van der Waals surface area contributed by atoms with Crippen LogP contribution < -0.4 is 5.73 Å². The fourth-order valence-electron chi connectivity index (χ4n) is 2.26. The quantitative estimate of drug-likeness (QED) is 0.568. The van der Waals surface area contributed by atoms with Gasteiger partial charge in [-0.25, -0.2) is 0 Å². The Kier molecular flexibility index (Phi) is 6.78. The molecule has 0 radical (unpaired) electrons. The molecule has 0 spiro atoms. The normalized spacial score (nSPS) is 19.5. The number of carbonyl (C=O) groups excluding carboxylic acids is 2. The minimum absolute atomic E-state index is 0.0147. The van der Waals surface area contributed by atoms with Crippen LogP contribution in [0.4, 0.5) is 0 Å². The molecule has 0 aromatic heterocycles. The van der Waals surface area contributed by atoms with Crippen LogP contribution in [0.25, 0.3) is 0 Å². The van der Waals surface area contributed by atoms with Gasteiger partial charge in [-0.15, -0.1) is 6.58 Å².